The quantitative estimate of drug-likeness (QED) is 0.332. The second-order valence-corrected chi connectivity index (χ2v) is 10.3. The van der Waals surface area contributed by atoms with Crippen LogP contribution in [0, 0.1) is 0 Å². The van der Waals surface area contributed by atoms with Crippen LogP contribution in [0.25, 0.3) is 21.5 Å². The molecule has 0 radical (unpaired) electrons. The molecular formula is C25H25N3O3S2. The van der Waals surface area contributed by atoms with E-state index in [1.165, 1.54) is 23.5 Å². The van der Waals surface area contributed by atoms with Gasteiger partial charge in [-0.25, -0.2) is 18.1 Å². The Hall–Kier alpha value is -3.07. The topological polar surface area (TPSA) is 88.2 Å². The van der Waals surface area contributed by atoms with Gasteiger partial charge in [0, 0.05) is 18.5 Å². The fourth-order valence-corrected chi connectivity index (χ4v) is 5.24. The zero-order valence-corrected chi connectivity index (χ0v) is 19.9. The van der Waals surface area contributed by atoms with Crippen molar-refractivity contribution in [2.24, 2.45) is 0 Å². The maximum atomic E-state index is 13.2. The van der Waals surface area contributed by atoms with Crippen LogP contribution in [0.1, 0.15) is 35.7 Å². The number of pyridine rings is 1. The van der Waals surface area contributed by atoms with Crippen molar-refractivity contribution in [3.05, 3.63) is 83.2 Å². The van der Waals surface area contributed by atoms with Crippen molar-refractivity contribution in [3.8, 4) is 10.6 Å². The summed E-state index contributed by atoms with van der Waals surface area (Å²) in [5, 5.41) is 5.40. The zero-order valence-electron chi connectivity index (χ0n) is 18.2. The van der Waals surface area contributed by atoms with E-state index in [2.05, 4.69) is 10.0 Å². The monoisotopic (exact) mass is 479 g/mol. The predicted octanol–water partition coefficient (Wildman–Crippen LogP) is 4.97. The molecule has 4 rings (SSSR count). The van der Waals surface area contributed by atoms with E-state index < -0.39 is 10.0 Å². The first kappa shape index (κ1) is 23.1. The van der Waals surface area contributed by atoms with Gasteiger partial charge in [-0.1, -0.05) is 49.7 Å². The molecule has 2 N–H and O–H groups in total. The van der Waals surface area contributed by atoms with Gasteiger partial charge >= 0.3 is 0 Å². The number of fused-ring (bicyclic) bond motifs is 1. The van der Waals surface area contributed by atoms with Gasteiger partial charge in [-0.2, -0.15) is 0 Å². The van der Waals surface area contributed by atoms with Gasteiger partial charge in [-0.15, -0.1) is 11.3 Å². The van der Waals surface area contributed by atoms with Crippen LogP contribution < -0.4 is 10.0 Å². The Labute approximate surface area is 197 Å². The first-order valence-corrected chi connectivity index (χ1v) is 13.1. The van der Waals surface area contributed by atoms with E-state index in [1.807, 2.05) is 54.8 Å². The van der Waals surface area contributed by atoms with E-state index in [4.69, 9.17) is 4.98 Å². The van der Waals surface area contributed by atoms with E-state index >= 15 is 0 Å². The van der Waals surface area contributed by atoms with Gasteiger partial charge in [0.2, 0.25) is 10.0 Å². The zero-order chi connectivity index (χ0) is 23.3. The maximum absolute atomic E-state index is 13.2. The van der Waals surface area contributed by atoms with Gasteiger partial charge in [0.25, 0.3) is 5.91 Å². The van der Waals surface area contributed by atoms with E-state index in [1.54, 1.807) is 12.1 Å². The lowest BCUT2D eigenvalue weighted by molar-refractivity contribution is 0.0952. The Morgan fingerprint density at radius 2 is 1.85 bits per heavy atom. The van der Waals surface area contributed by atoms with Gasteiger partial charge < -0.3 is 5.32 Å². The van der Waals surface area contributed by atoms with Crippen molar-refractivity contribution in [1.82, 2.24) is 15.0 Å². The highest BCUT2D eigenvalue weighted by atomic mass is 32.2. The highest BCUT2D eigenvalue weighted by Crippen LogP contribution is 2.29. The molecule has 170 valence electrons. The molecule has 0 saturated carbocycles. The molecule has 8 heteroatoms. The summed E-state index contributed by atoms with van der Waals surface area (Å²) in [5.74, 6) is -0.280. The number of unbranched alkanes of at least 4 members (excludes halogenated alkanes) is 1. The lowest BCUT2D eigenvalue weighted by Crippen LogP contribution is -2.25. The summed E-state index contributed by atoms with van der Waals surface area (Å²) in [6.45, 7) is 2.74. The van der Waals surface area contributed by atoms with Crippen LogP contribution in [0.4, 0.5) is 0 Å². The summed E-state index contributed by atoms with van der Waals surface area (Å²) >= 11 is 1.53. The van der Waals surface area contributed by atoms with Crippen molar-refractivity contribution in [2.45, 2.75) is 31.2 Å². The number of nitrogens with zero attached hydrogens (tertiary/aromatic N) is 1. The molecule has 2 aromatic heterocycles. The van der Waals surface area contributed by atoms with Gasteiger partial charge in [-0.05, 0) is 47.7 Å². The lowest BCUT2D eigenvalue weighted by Gasteiger charge is -2.12. The van der Waals surface area contributed by atoms with Crippen molar-refractivity contribution >= 4 is 38.2 Å². The molecule has 0 saturated heterocycles. The molecule has 0 fully saturated rings. The fourth-order valence-electron chi connectivity index (χ4n) is 3.45. The number of aromatic nitrogens is 1. The molecule has 0 bridgehead atoms. The molecular weight excluding hydrogens is 454 g/mol. The molecule has 0 unspecified atom stereocenters. The average Bonchev–Trinajstić information content (AvgIpc) is 3.37. The second-order valence-electron chi connectivity index (χ2n) is 7.63. The first-order chi connectivity index (χ1) is 16.0. The Morgan fingerprint density at radius 3 is 2.58 bits per heavy atom. The molecule has 0 atom stereocenters. The molecule has 6 nitrogen and oxygen atoms in total. The minimum Gasteiger partial charge on any atom is -0.348 e. The molecule has 1 amide bonds. The van der Waals surface area contributed by atoms with Gasteiger partial charge in [-0.3, -0.25) is 4.79 Å². The first-order valence-electron chi connectivity index (χ1n) is 10.8. The number of carbonyl (C=O) groups excluding carboxylic acids is 1. The average molecular weight is 480 g/mol. The van der Waals surface area contributed by atoms with Crippen LogP contribution in [0.15, 0.2) is 77.0 Å². The lowest BCUT2D eigenvalue weighted by atomic mass is 10.1. The van der Waals surface area contributed by atoms with E-state index in [0.29, 0.717) is 35.2 Å². The minimum absolute atomic E-state index is 0.119. The summed E-state index contributed by atoms with van der Waals surface area (Å²) in [6, 6.07) is 20.0. The SMILES string of the molecule is CCCCNS(=O)(=O)c1ccc2nc(-c3cccs3)cc(C(=O)NCc3ccccc3)c2c1. The van der Waals surface area contributed by atoms with E-state index in [9.17, 15) is 13.2 Å². The Balaban J connectivity index is 1.74. The summed E-state index contributed by atoms with van der Waals surface area (Å²) in [4.78, 5) is 19.0. The van der Waals surface area contributed by atoms with Crippen LogP contribution in [0.3, 0.4) is 0 Å². The maximum Gasteiger partial charge on any atom is 0.252 e. The van der Waals surface area contributed by atoms with Gasteiger partial charge in [0.15, 0.2) is 0 Å². The van der Waals surface area contributed by atoms with Crippen LogP contribution >= 0.6 is 11.3 Å². The third-order valence-corrected chi connectivity index (χ3v) is 7.58. The van der Waals surface area contributed by atoms with Crippen LogP contribution in [0.2, 0.25) is 0 Å². The summed E-state index contributed by atoms with van der Waals surface area (Å²) in [7, 11) is -3.68. The van der Waals surface area contributed by atoms with Gasteiger partial charge in [0.1, 0.15) is 0 Å². The van der Waals surface area contributed by atoms with E-state index in [-0.39, 0.29) is 10.8 Å². The highest BCUT2D eigenvalue weighted by Gasteiger charge is 2.19. The number of thiophene rings is 1. The van der Waals surface area contributed by atoms with Crippen LogP contribution in [0.5, 0.6) is 0 Å². The number of benzene rings is 2. The molecule has 2 aromatic carbocycles. The number of hydrogen-bond acceptors (Lipinski definition) is 5. The molecule has 0 aliphatic heterocycles. The van der Waals surface area contributed by atoms with Crippen LogP contribution in [-0.2, 0) is 16.6 Å². The standard InChI is InChI=1S/C25H25N3O3S2/c1-2-3-13-27-33(30,31)19-11-12-22-20(15-19)21(16-23(28-22)24-10-7-14-32-24)25(29)26-17-18-8-5-4-6-9-18/h4-12,14-16,27H,2-3,13,17H2,1H3,(H,26,29). The smallest absolute Gasteiger partial charge is 0.252 e. The molecule has 0 aliphatic carbocycles. The number of nitrogens with one attached hydrogen (secondary N) is 2. The summed E-state index contributed by atoms with van der Waals surface area (Å²) in [5.41, 5.74) is 2.62. The molecule has 33 heavy (non-hydrogen) atoms. The molecule has 0 spiro atoms. The number of carbonyl (C=O) groups is 1. The Bertz CT molecular complexity index is 1350. The van der Waals surface area contributed by atoms with Crippen molar-refractivity contribution in [2.75, 3.05) is 6.54 Å². The third-order valence-electron chi connectivity index (χ3n) is 5.23. The van der Waals surface area contributed by atoms with Gasteiger partial charge in [0.05, 0.1) is 26.5 Å². The highest BCUT2D eigenvalue weighted by molar-refractivity contribution is 7.89. The fraction of sp³-hybridized carbons (Fsp3) is 0.200. The van der Waals surface area contributed by atoms with Crippen molar-refractivity contribution in [3.63, 3.8) is 0 Å². The molecule has 2 heterocycles. The normalized spacial score (nSPS) is 11.5. The second kappa shape index (κ2) is 10.2. The largest absolute Gasteiger partial charge is 0.348 e. The minimum atomic E-state index is -3.68. The third kappa shape index (κ3) is 5.47. The summed E-state index contributed by atoms with van der Waals surface area (Å²) < 4.78 is 28.2. The Kier molecular flexibility index (Phi) is 7.17. The number of amides is 1. The van der Waals surface area contributed by atoms with Crippen molar-refractivity contribution in [1.29, 1.82) is 0 Å². The summed E-state index contributed by atoms with van der Waals surface area (Å²) in [6.07, 6.45) is 1.65. The predicted molar refractivity (Wildman–Crippen MR) is 133 cm³/mol. The van der Waals surface area contributed by atoms with E-state index in [0.717, 1.165) is 23.3 Å². The molecule has 0 aliphatic rings. The van der Waals surface area contributed by atoms with Crippen molar-refractivity contribution < 1.29 is 13.2 Å². The number of rotatable bonds is 9. The number of sulfonamides is 1. The number of hydrogen-bond donors (Lipinski definition) is 2. The molecule has 4 aromatic rings. The Morgan fingerprint density at radius 1 is 1.03 bits per heavy atom. The van der Waals surface area contributed by atoms with Crippen LogP contribution in [-0.4, -0.2) is 25.9 Å².